The zero-order valence-corrected chi connectivity index (χ0v) is 8.63. The molecule has 1 rings (SSSR count). The first kappa shape index (κ1) is 10.2. The van der Waals surface area contributed by atoms with Crippen LogP contribution in [0.25, 0.3) is 0 Å². The number of hydrogen-bond acceptors (Lipinski definition) is 2. The molecule has 0 spiro atoms. The van der Waals surface area contributed by atoms with Crippen molar-refractivity contribution in [3.8, 4) is 6.07 Å². The van der Waals surface area contributed by atoms with Crippen molar-refractivity contribution in [3.63, 3.8) is 0 Å². The molecule has 0 aliphatic heterocycles. The lowest BCUT2D eigenvalue weighted by molar-refractivity contribution is -0.126. The summed E-state index contributed by atoms with van der Waals surface area (Å²) in [6, 6.07) is 2.27. The molecule has 0 aromatic heterocycles. The molecule has 1 aliphatic rings. The summed E-state index contributed by atoms with van der Waals surface area (Å²) in [4.78, 5) is 11.3. The molecule has 1 saturated carbocycles. The summed E-state index contributed by atoms with van der Waals surface area (Å²) in [5, 5.41) is 8.96. The largest absolute Gasteiger partial charge is 0.300 e. The van der Waals surface area contributed by atoms with Crippen LogP contribution in [0.2, 0.25) is 0 Å². The number of carbonyl (C=O) groups excluding carboxylic acids is 1. The van der Waals surface area contributed by atoms with Gasteiger partial charge in [-0.05, 0) is 11.3 Å². The average molecular weight is 179 g/mol. The molecule has 0 saturated heterocycles. The van der Waals surface area contributed by atoms with Crippen molar-refractivity contribution in [1.82, 2.24) is 0 Å². The molecule has 0 heterocycles. The first-order valence-corrected chi connectivity index (χ1v) is 4.93. The first-order valence-electron chi connectivity index (χ1n) is 4.93. The molecule has 0 N–H and O–H groups in total. The first-order chi connectivity index (χ1) is 6.02. The minimum absolute atomic E-state index is 0.0113. The van der Waals surface area contributed by atoms with Crippen LogP contribution < -0.4 is 0 Å². The summed E-state index contributed by atoms with van der Waals surface area (Å²) in [5.41, 5.74) is 0.0113. The summed E-state index contributed by atoms with van der Waals surface area (Å²) < 4.78 is 0. The highest BCUT2D eigenvalue weighted by atomic mass is 16.1. The minimum Gasteiger partial charge on any atom is -0.300 e. The van der Waals surface area contributed by atoms with Crippen LogP contribution in [0.15, 0.2) is 0 Å². The Labute approximate surface area is 79.9 Å². The van der Waals surface area contributed by atoms with Crippen LogP contribution in [0.4, 0.5) is 0 Å². The third-order valence-electron chi connectivity index (χ3n) is 3.50. The highest BCUT2D eigenvalue weighted by Crippen LogP contribution is 2.44. The van der Waals surface area contributed by atoms with Crippen LogP contribution in [0.3, 0.4) is 0 Å². The van der Waals surface area contributed by atoms with E-state index in [1.165, 1.54) is 0 Å². The molecule has 0 radical (unpaired) electrons. The number of carbonyl (C=O) groups is 1. The molecule has 0 aromatic rings. The molecular weight excluding hydrogens is 162 g/mol. The second-order valence-electron chi connectivity index (χ2n) is 4.56. The summed E-state index contributed by atoms with van der Waals surface area (Å²) in [5.74, 6) is 0.565. The molecule has 1 fully saturated rings. The lowest BCUT2D eigenvalue weighted by Crippen LogP contribution is -2.39. The van der Waals surface area contributed by atoms with Gasteiger partial charge < -0.3 is 0 Å². The van der Waals surface area contributed by atoms with E-state index in [1.807, 2.05) is 0 Å². The van der Waals surface area contributed by atoms with Gasteiger partial charge in [0.2, 0.25) is 0 Å². The molecule has 2 unspecified atom stereocenters. The number of nitriles is 1. The Balaban J connectivity index is 2.88. The number of ketones is 1. The van der Waals surface area contributed by atoms with Crippen molar-refractivity contribution in [1.29, 1.82) is 5.26 Å². The van der Waals surface area contributed by atoms with Gasteiger partial charge in [0.25, 0.3) is 0 Å². The van der Waals surface area contributed by atoms with Gasteiger partial charge in [0.1, 0.15) is 5.78 Å². The highest BCUT2D eigenvalue weighted by molar-refractivity contribution is 5.80. The van der Waals surface area contributed by atoms with E-state index in [4.69, 9.17) is 5.26 Å². The fraction of sp³-hybridized carbons (Fsp3) is 0.818. The zero-order chi connectivity index (χ0) is 10.1. The van der Waals surface area contributed by atoms with Gasteiger partial charge in [0, 0.05) is 12.8 Å². The van der Waals surface area contributed by atoms with E-state index in [-0.39, 0.29) is 17.1 Å². The predicted molar refractivity (Wildman–Crippen MR) is 50.9 cm³/mol. The molecule has 0 aromatic carbocycles. The summed E-state index contributed by atoms with van der Waals surface area (Å²) in [7, 11) is 0. The van der Waals surface area contributed by atoms with E-state index in [1.54, 1.807) is 0 Å². The normalized spacial score (nSPS) is 32.6. The second kappa shape index (κ2) is 3.49. The Bertz CT molecular complexity index is 249. The highest BCUT2D eigenvalue weighted by Gasteiger charge is 2.42. The summed E-state index contributed by atoms with van der Waals surface area (Å²) >= 11 is 0. The van der Waals surface area contributed by atoms with Crippen molar-refractivity contribution in [3.05, 3.63) is 0 Å². The smallest absolute Gasteiger partial charge is 0.134 e. The molecule has 72 valence electrons. The van der Waals surface area contributed by atoms with Gasteiger partial charge in [-0.2, -0.15) is 5.26 Å². The molecule has 0 bridgehead atoms. The van der Waals surface area contributed by atoms with Crippen molar-refractivity contribution in [2.24, 2.45) is 17.3 Å². The van der Waals surface area contributed by atoms with E-state index in [2.05, 4.69) is 26.8 Å². The molecule has 0 amide bonds. The average Bonchev–Trinajstić information content (AvgIpc) is 2.08. The van der Waals surface area contributed by atoms with Crippen LogP contribution in [0.1, 0.15) is 40.0 Å². The molecule has 1 aliphatic carbocycles. The lowest BCUT2D eigenvalue weighted by Gasteiger charge is -2.41. The van der Waals surface area contributed by atoms with Gasteiger partial charge in [-0.15, -0.1) is 0 Å². The SMILES string of the molecule is CCC1CC(=O)CC(C#N)C1(C)C. The fourth-order valence-corrected chi connectivity index (χ4v) is 2.28. The van der Waals surface area contributed by atoms with Crippen LogP contribution in [-0.2, 0) is 4.79 Å². The maximum atomic E-state index is 11.3. The number of Topliss-reactive ketones (excluding diaryl/α,β-unsaturated/α-hetero) is 1. The van der Waals surface area contributed by atoms with Gasteiger partial charge in [0.05, 0.1) is 12.0 Å². The molecular formula is C11H17NO. The Kier molecular flexibility index (Phi) is 2.75. The maximum absolute atomic E-state index is 11.3. The monoisotopic (exact) mass is 179 g/mol. The third kappa shape index (κ3) is 1.75. The van der Waals surface area contributed by atoms with E-state index in [9.17, 15) is 4.79 Å². The number of nitrogens with zero attached hydrogens (tertiary/aromatic N) is 1. The molecule has 2 nitrogen and oxygen atoms in total. The van der Waals surface area contributed by atoms with Gasteiger partial charge in [-0.3, -0.25) is 4.79 Å². The van der Waals surface area contributed by atoms with Crippen molar-refractivity contribution in [2.75, 3.05) is 0 Å². The predicted octanol–water partition coefficient (Wildman–Crippen LogP) is 2.54. The fourth-order valence-electron chi connectivity index (χ4n) is 2.28. The van der Waals surface area contributed by atoms with Crippen LogP contribution in [-0.4, -0.2) is 5.78 Å². The van der Waals surface area contributed by atoms with Crippen molar-refractivity contribution < 1.29 is 4.79 Å². The molecule has 13 heavy (non-hydrogen) atoms. The topological polar surface area (TPSA) is 40.9 Å². The lowest BCUT2D eigenvalue weighted by atomic mass is 9.61. The zero-order valence-electron chi connectivity index (χ0n) is 8.63. The standard InChI is InChI=1S/C11H17NO/c1-4-8-5-10(13)6-9(7-12)11(8,2)3/h8-9H,4-6H2,1-3H3. The van der Waals surface area contributed by atoms with Gasteiger partial charge in [0.15, 0.2) is 0 Å². The third-order valence-corrected chi connectivity index (χ3v) is 3.50. The Hall–Kier alpha value is -0.840. The van der Waals surface area contributed by atoms with Crippen LogP contribution in [0, 0.1) is 28.6 Å². The van der Waals surface area contributed by atoms with Crippen molar-refractivity contribution >= 4 is 5.78 Å². The minimum atomic E-state index is -0.0845. The van der Waals surface area contributed by atoms with E-state index < -0.39 is 0 Å². The molecule has 2 atom stereocenters. The van der Waals surface area contributed by atoms with Gasteiger partial charge >= 0.3 is 0 Å². The summed E-state index contributed by atoms with van der Waals surface area (Å²) in [6.07, 6.45) is 2.12. The van der Waals surface area contributed by atoms with E-state index in [0.717, 1.165) is 6.42 Å². The summed E-state index contributed by atoms with van der Waals surface area (Å²) in [6.45, 7) is 6.32. The Morgan fingerprint density at radius 2 is 2.15 bits per heavy atom. The van der Waals surface area contributed by atoms with Crippen LogP contribution >= 0.6 is 0 Å². The Morgan fingerprint density at radius 3 is 2.62 bits per heavy atom. The van der Waals surface area contributed by atoms with Crippen molar-refractivity contribution in [2.45, 2.75) is 40.0 Å². The van der Waals surface area contributed by atoms with E-state index in [0.29, 0.717) is 18.8 Å². The maximum Gasteiger partial charge on any atom is 0.134 e. The number of hydrogen-bond donors (Lipinski definition) is 0. The molecule has 2 heteroatoms. The Morgan fingerprint density at radius 1 is 1.54 bits per heavy atom. The number of rotatable bonds is 1. The van der Waals surface area contributed by atoms with Crippen LogP contribution in [0.5, 0.6) is 0 Å². The van der Waals surface area contributed by atoms with Gasteiger partial charge in [-0.1, -0.05) is 27.2 Å². The quantitative estimate of drug-likeness (QED) is 0.620. The second-order valence-corrected chi connectivity index (χ2v) is 4.56. The van der Waals surface area contributed by atoms with E-state index >= 15 is 0 Å². The van der Waals surface area contributed by atoms with Gasteiger partial charge in [-0.25, -0.2) is 0 Å².